The number of fused-ring (bicyclic) bond motifs is 1. The van der Waals surface area contributed by atoms with Crippen LogP contribution < -0.4 is 5.73 Å². The van der Waals surface area contributed by atoms with E-state index >= 15 is 4.39 Å². The summed E-state index contributed by atoms with van der Waals surface area (Å²) in [7, 11) is 0. The molecule has 3 heterocycles. The van der Waals surface area contributed by atoms with Crippen molar-refractivity contribution < 1.29 is 23.8 Å². The molecular formula is C18H22FIN4O4S. The number of nitrogens with zero attached hydrogens (tertiary/aromatic N) is 3. The predicted octanol–water partition coefficient (Wildman–Crippen LogP) is 3.42. The van der Waals surface area contributed by atoms with Crippen LogP contribution in [0.1, 0.15) is 38.3 Å². The lowest BCUT2D eigenvalue weighted by molar-refractivity contribution is -0.0459. The zero-order chi connectivity index (χ0) is 20.5. The summed E-state index contributed by atoms with van der Waals surface area (Å²) in [6.07, 6.45) is 3.35. The van der Waals surface area contributed by atoms with Crippen LogP contribution in [0, 0.1) is 3.57 Å². The Kier molecular flexibility index (Phi) is 6.47. The number of ether oxygens (including phenoxy) is 2. The molecule has 1 saturated heterocycles. The highest BCUT2D eigenvalue weighted by molar-refractivity contribution is 14.1. The molecular weight excluding hydrogens is 514 g/mol. The smallest absolute Gasteiger partial charge is 0.368 e. The van der Waals surface area contributed by atoms with E-state index in [0.29, 0.717) is 11.0 Å². The Hall–Kier alpha value is -1.18. The van der Waals surface area contributed by atoms with E-state index in [0.717, 1.165) is 41.0 Å². The fourth-order valence-electron chi connectivity index (χ4n) is 3.92. The second-order valence-electron chi connectivity index (χ2n) is 7.24. The number of halogens is 2. The monoisotopic (exact) mass is 536 g/mol. The number of nitrogens with two attached hydrogens (primary N) is 1. The number of carbonyl (C=O) groups is 1. The number of alkyl halides is 1. The van der Waals surface area contributed by atoms with Crippen LogP contribution in [0.15, 0.2) is 12.5 Å². The number of aliphatic hydroxyl groups excluding tert-OH is 1. The highest BCUT2D eigenvalue weighted by Crippen LogP contribution is 2.39. The maximum absolute atomic E-state index is 15.3. The van der Waals surface area contributed by atoms with Gasteiger partial charge in [0.2, 0.25) is 0 Å². The van der Waals surface area contributed by atoms with Crippen molar-refractivity contribution in [1.29, 1.82) is 0 Å². The van der Waals surface area contributed by atoms with Gasteiger partial charge in [-0.15, -0.1) is 0 Å². The molecule has 0 radical (unpaired) electrons. The SMILES string of the molecule is Nc1ncnc2c1c(I)cn2[C@@H]1O[C@H](CO)[C@H](OC(=O)SC2CCCCC2)C1F. The minimum Gasteiger partial charge on any atom is -0.448 e. The summed E-state index contributed by atoms with van der Waals surface area (Å²) < 4.78 is 28.7. The van der Waals surface area contributed by atoms with E-state index in [2.05, 4.69) is 32.6 Å². The van der Waals surface area contributed by atoms with E-state index in [9.17, 15) is 9.90 Å². The number of carbonyl (C=O) groups excluding carboxylic acids is 1. The molecule has 3 N–H and O–H groups in total. The highest BCUT2D eigenvalue weighted by Gasteiger charge is 2.49. The summed E-state index contributed by atoms with van der Waals surface area (Å²) in [5, 5.41) is 9.96. The molecule has 2 aromatic heterocycles. The van der Waals surface area contributed by atoms with E-state index in [1.165, 1.54) is 17.3 Å². The van der Waals surface area contributed by atoms with Gasteiger partial charge in [0, 0.05) is 15.0 Å². The van der Waals surface area contributed by atoms with Crippen molar-refractivity contribution >= 4 is 56.5 Å². The maximum Gasteiger partial charge on any atom is 0.368 e. The zero-order valence-corrected chi connectivity index (χ0v) is 18.5. The standard InChI is InChI=1S/C18H22FIN4O4S/c19-13-14(28-18(26)29-9-4-2-1-3-5-9)11(7-25)27-17(13)24-6-10(20)12-15(21)22-8-23-16(12)24/h6,8-9,11,13-14,17,25H,1-5,7H2,(H2,21,22,23)/t11-,13?,14+,17-/m1/s1. The largest absolute Gasteiger partial charge is 0.448 e. The van der Waals surface area contributed by atoms with Crippen LogP contribution in [0.3, 0.4) is 0 Å². The second kappa shape index (κ2) is 8.90. The number of hydrogen-bond donors (Lipinski definition) is 2. The summed E-state index contributed by atoms with van der Waals surface area (Å²) in [6.45, 7) is -0.462. The minimum atomic E-state index is -1.66. The van der Waals surface area contributed by atoms with E-state index < -0.39 is 36.5 Å². The number of thioether (sulfide) groups is 1. The number of anilines is 1. The van der Waals surface area contributed by atoms with Crippen LogP contribution in [0.4, 0.5) is 15.0 Å². The first-order valence-corrected chi connectivity index (χ1v) is 11.5. The average molecular weight is 536 g/mol. The quantitative estimate of drug-likeness (QED) is 0.452. The van der Waals surface area contributed by atoms with Gasteiger partial charge in [0.15, 0.2) is 18.5 Å². The maximum atomic E-state index is 15.3. The van der Waals surface area contributed by atoms with Gasteiger partial charge in [0.25, 0.3) is 0 Å². The third-order valence-electron chi connectivity index (χ3n) is 5.36. The zero-order valence-electron chi connectivity index (χ0n) is 15.5. The van der Waals surface area contributed by atoms with Gasteiger partial charge in [-0.1, -0.05) is 19.3 Å². The number of aromatic nitrogens is 3. The van der Waals surface area contributed by atoms with Gasteiger partial charge in [-0.3, -0.25) is 0 Å². The summed E-state index contributed by atoms with van der Waals surface area (Å²) in [5.74, 6) is 0.289. The van der Waals surface area contributed by atoms with Gasteiger partial charge in [0.05, 0.1) is 12.0 Å². The Labute approximate surface area is 184 Å². The lowest BCUT2D eigenvalue weighted by Gasteiger charge is -2.22. The number of aliphatic hydroxyl groups is 1. The lowest BCUT2D eigenvalue weighted by atomic mass is 10.0. The van der Waals surface area contributed by atoms with E-state index in [-0.39, 0.29) is 11.1 Å². The van der Waals surface area contributed by atoms with Gasteiger partial charge in [0.1, 0.15) is 23.9 Å². The van der Waals surface area contributed by atoms with Crippen LogP contribution >= 0.6 is 34.4 Å². The first-order valence-electron chi connectivity index (χ1n) is 9.53. The van der Waals surface area contributed by atoms with E-state index in [1.807, 2.05) is 0 Å². The van der Waals surface area contributed by atoms with Crippen LogP contribution in [-0.2, 0) is 9.47 Å². The first kappa shape index (κ1) is 21.1. The molecule has 0 aromatic carbocycles. The fraction of sp³-hybridized carbons (Fsp3) is 0.611. The summed E-state index contributed by atoms with van der Waals surface area (Å²) in [4.78, 5) is 20.5. The topological polar surface area (TPSA) is 112 Å². The first-order chi connectivity index (χ1) is 14.0. The third-order valence-corrected chi connectivity index (χ3v) is 7.27. The molecule has 2 aliphatic rings. The van der Waals surface area contributed by atoms with E-state index in [1.54, 1.807) is 6.20 Å². The van der Waals surface area contributed by atoms with Crippen LogP contribution in [0.25, 0.3) is 11.0 Å². The highest BCUT2D eigenvalue weighted by atomic mass is 127. The van der Waals surface area contributed by atoms with Crippen LogP contribution in [0.5, 0.6) is 0 Å². The second-order valence-corrected chi connectivity index (χ2v) is 9.64. The number of nitrogen functional groups attached to an aromatic ring is 1. The van der Waals surface area contributed by atoms with Crippen LogP contribution in [0.2, 0.25) is 0 Å². The molecule has 0 bridgehead atoms. The molecule has 29 heavy (non-hydrogen) atoms. The predicted molar refractivity (Wildman–Crippen MR) is 115 cm³/mol. The fourth-order valence-corrected chi connectivity index (χ4v) is 5.75. The third kappa shape index (κ3) is 4.19. The molecule has 1 saturated carbocycles. The van der Waals surface area contributed by atoms with Gasteiger partial charge in [-0.05, 0) is 47.2 Å². The Morgan fingerprint density at radius 2 is 2.17 bits per heavy atom. The molecule has 0 spiro atoms. The minimum absolute atomic E-state index is 0.203. The van der Waals surface area contributed by atoms with Gasteiger partial charge >= 0.3 is 5.30 Å². The van der Waals surface area contributed by atoms with Crippen molar-refractivity contribution in [2.24, 2.45) is 0 Å². The molecule has 2 fully saturated rings. The Balaban J connectivity index is 1.52. The normalized spacial score (nSPS) is 28.1. The number of hydrogen-bond acceptors (Lipinski definition) is 8. The van der Waals surface area contributed by atoms with Crippen molar-refractivity contribution in [2.45, 2.75) is 62.0 Å². The Morgan fingerprint density at radius 1 is 1.41 bits per heavy atom. The molecule has 4 atom stereocenters. The van der Waals surface area contributed by atoms with Crippen molar-refractivity contribution in [2.75, 3.05) is 12.3 Å². The molecule has 1 aliphatic heterocycles. The molecule has 0 amide bonds. The van der Waals surface area contributed by atoms with Crippen LogP contribution in [-0.4, -0.2) is 55.2 Å². The summed E-state index contributed by atoms with van der Waals surface area (Å²) in [6, 6.07) is 0. The van der Waals surface area contributed by atoms with Gasteiger partial charge < -0.3 is 24.9 Å². The van der Waals surface area contributed by atoms with Crippen molar-refractivity contribution in [3.05, 3.63) is 16.1 Å². The average Bonchev–Trinajstić information content (AvgIpc) is 3.20. The Bertz CT molecular complexity index is 894. The molecule has 1 aliphatic carbocycles. The van der Waals surface area contributed by atoms with Crippen molar-refractivity contribution in [3.8, 4) is 0 Å². The number of rotatable bonds is 4. The summed E-state index contributed by atoms with van der Waals surface area (Å²) >= 11 is 3.19. The van der Waals surface area contributed by atoms with Crippen molar-refractivity contribution in [3.63, 3.8) is 0 Å². The molecule has 11 heteroatoms. The Morgan fingerprint density at radius 3 is 2.90 bits per heavy atom. The van der Waals surface area contributed by atoms with Gasteiger partial charge in [-0.25, -0.2) is 19.2 Å². The molecule has 4 rings (SSSR count). The lowest BCUT2D eigenvalue weighted by Crippen LogP contribution is -2.35. The molecule has 1 unspecified atom stereocenters. The van der Waals surface area contributed by atoms with Gasteiger partial charge in [-0.2, -0.15) is 0 Å². The molecule has 8 nitrogen and oxygen atoms in total. The molecule has 158 valence electrons. The summed E-state index contributed by atoms with van der Waals surface area (Å²) in [5.41, 5.74) is 6.35. The van der Waals surface area contributed by atoms with Crippen molar-refractivity contribution in [1.82, 2.24) is 14.5 Å². The van der Waals surface area contributed by atoms with E-state index in [4.69, 9.17) is 15.2 Å². The molecule has 2 aromatic rings.